The van der Waals surface area contributed by atoms with E-state index in [0.29, 0.717) is 17.7 Å². The summed E-state index contributed by atoms with van der Waals surface area (Å²) in [4.78, 5) is 0. The van der Waals surface area contributed by atoms with Gasteiger partial charge in [0.15, 0.2) is 0 Å². The Hall–Kier alpha value is -3.78. The van der Waals surface area contributed by atoms with Crippen LogP contribution in [0.2, 0.25) is 0 Å². The third-order valence-electron chi connectivity index (χ3n) is 9.23. The summed E-state index contributed by atoms with van der Waals surface area (Å²) in [6, 6.07) is 37.6. The first-order valence-corrected chi connectivity index (χ1v) is 18.3. The summed E-state index contributed by atoms with van der Waals surface area (Å²) in [5.41, 5.74) is 3.26. The van der Waals surface area contributed by atoms with E-state index in [9.17, 15) is 9.65 Å². The van der Waals surface area contributed by atoms with Crippen LogP contribution in [0.4, 0.5) is 4.39 Å². The molecule has 0 aliphatic heterocycles. The first-order valence-electron chi connectivity index (χ1n) is 18.3. The van der Waals surface area contributed by atoms with E-state index in [1.807, 2.05) is 18.2 Å². The SMILES string of the molecule is CCCCCCCCCCCCCCCC(COC(c1ccccc1)(c1ccccc1)c1ccccc1)OCc1cc(F)cc(C#N)c1. The van der Waals surface area contributed by atoms with Crippen molar-refractivity contribution in [2.45, 2.75) is 115 Å². The van der Waals surface area contributed by atoms with Crippen molar-refractivity contribution in [2.75, 3.05) is 6.61 Å². The molecule has 0 aliphatic rings. The first kappa shape index (κ1) is 37.0. The summed E-state index contributed by atoms with van der Waals surface area (Å²) in [6.07, 6.45) is 17.6. The zero-order valence-electron chi connectivity index (χ0n) is 28.9. The number of hydrogen-bond acceptors (Lipinski definition) is 3. The number of ether oxygens (including phenoxy) is 2. The van der Waals surface area contributed by atoms with E-state index in [2.05, 4.69) is 85.8 Å². The van der Waals surface area contributed by atoms with Crippen molar-refractivity contribution >= 4 is 0 Å². The number of rotatable bonds is 23. The molecule has 4 aromatic carbocycles. The van der Waals surface area contributed by atoms with Gasteiger partial charge in [-0.2, -0.15) is 5.26 Å². The molecule has 0 bridgehead atoms. The normalized spacial score (nSPS) is 12.1. The van der Waals surface area contributed by atoms with Crippen molar-refractivity contribution in [1.29, 1.82) is 5.26 Å². The monoisotopic (exact) mass is 647 g/mol. The third-order valence-corrected chi connectivity index (χ3v) is 9.23. The number of unbranched alkanes of at least 4 members (excludes halogenated alkanes) is 12. The highest BCUT2D eigenvalue weighted by molar-refractivity contribution is 5.47. The molecule has 254 valence electrons. The fourth-order valence-electron chi connectivity index (χ4n) is 6.60. The minimum atomic E-state index is -0.839. The van der Waals surface area contributed by atoms with Gasteiger partial charge >= 0.3 is 0 Å². The number of halogens is 1. The molecule has 4 heteroatoms. The van der Waals surface area contributed by atoms with Gasteiger partial charge in [0, 0.05) is 0 Å². The fraction of sp³-hybridized carbons (Fsp3) is 0.432. The molecule has 1 unspecified atom stereocenters. The summed E-state index contributed by atoms with van der Waals surface area (Å²) in [7, 11) is 0. The van der Waals surface area contributed by atoms with Crippen LogP contribution in [0.15, 0.2) is 109 Å². The molecular weight excluding hydrogens is 593 g/mol. The van der Waals surface area contributed by atoms with E-state index in [1.54, 1.807) is 6.07 Å². The molecule has 0 saturated carbocycles. The molecule has 0 aliphatic carbocycles. The average molecular weight is 648 g/mol. The second-order valence-electron chi connectivity index (χ2n) is 13.0. The van der Waals surface area contributed by atoms with Crippen LogP contribution >= 0.6 is 0 Å². The lowest BCUT2D eigenvalue weighted by atomic mass is 9.80. The predicted octanol–water partition coefficient (Wildman–Crippen LogP) is 12.1. The number of hydrogen-bond donors (Lipinski definition) is 0. The molecule has 0 amide bonds. The summed E-state index contributed by atoms with van der Waals surface area (Å²) >= 11 is 0. The lowest BCUT2D eigenvalue weighted by molar-refractivity contribution is -0.0731. The molecule has 0 saturated heterocycles. The van der Waals surface area contributed by atoms with E-state index in [-0.39, 0.29) is 12.7 Å². The molecule has 0 fully saturated rings. The minimum absolute atomic E-state index is 0.206. The van der Waals surface area contributed by atoms with Crippen LogP contribution in [-0.4, -0.2) is 12.7 Å². The standard InChI is InChI=1S/C44H54FNO2/c1-2-3-4-5-6-7-8-9-10-11-12-13-23-30-43(47-35-38-31-37(34-46)32-42(45)33-38)36-48-44(39-24-17-14-18-25-39,40-26-19-15-20-27-40)41-28-21-16-22-29-41/h14-22,24-29,31-33,43H,2-13,23,30,35-36H2,1H3. The van der Waals surface area contributed by atoms with Crippen LogP contribution in [0.5, 0.6) is 0 Å². The van der Waals surface area contributed by atoms with Gasteiger partial charge in [-0.25, -0.2) is 4.39 Å². The van der Waals surface area contributed by atoms with E-state index in [0.717, 1.165) is 36.0 Å². The quantitative estimate of drug-likeness (QED) is 0.0594. The van der Waals surface area contributed by atoms with Crippen molar-refractivity contribution in [1.82, 2.24) is 0 Å². The van der Waals surface area contributed by atoms with Crippen molar-refractivity contribution < 1.29 is 13.9 Å². The van der Waals surface area contributed by atoms with Gasteiger partial charge in [0.2, 0.25) is 0 Å². The largest absolute Gasteiger partial charge is 0.371 e. The summed E-state index contributed by atoms with van der Waals surface area (Å²) in [5, 5.41) is 9.37. The second-order valence-corrected chi connectivity index (χ2v) is 13.0. The van der Waals surface area contributed by atoms with Crippen molar-refractivity contribution in [3.63, 3.8) is 0 Å². The first-order chi connectivity index (χ1) is 23.7. The minimum Gasteiger partial charge on any atom is -0.371 e. The highest BCUT2D eigenvalue weighted by Gasteiger charge is 2.38. The van der Waals surface area contributed by atoms with E-state index >= 15 is 0 Å². The Balaban J connectivity index is 1.43. The van der Waals surface area contributed by atoms with Crippen molar-refractivity contribution in [3.8, 4) is 6.07 Å². The molecule has 0 aromatic heterocycles. The third kappa shape index (κ3) is 11.7. The summed E-state index contributed by atoms with van der Waals surface area (Å²) in [6.45, 7) is 2.85. The molecule has 3 nitrogen and oxygen atoms in total. The number of benzene rings is 4. The number of nitriles is 1. The molecule has 0 spiro atoms. The van der Waals surface area contributed by atoms with Crippen LogP contribution in [0, 0.1) is 17.1 Å². The smallest absolute Gasteiger partial charge is 0.143 e. The predicted molar refractivity (Wildman–Crippen MR) is 195 cm³/mol. The van der Waals surface area contributed by atoms with Crippen LogP contribution in [0.3, 0.4) is 0 Å². The Bertz CT molecular complexity index is 1370. The highest BCUT2D eigenvalue weighted by atomic mass is 19.1. The van der Waals surface area contributed by atoms with Gasteiger partial charge in [-0.1, -0.05) is 181 Å². The summed E-state index contributed by atoms with van der Waals surface area (Å²) < 4.78 is 27.9. The Morgan fingerprint density at radius 2 is 1.08 bits per heavy atom. The van der Waals surface area contributed by atoms with Gasteiger partial charge in [0.1, 0.15) is 11.4 Å². The van der Waals surface area contributed by atoms with E-state index in [1.165, 1.54) is 82.8 Å². The lowest BCUT2D eigenvalue weighted by Crippen LogP contribution is -2.36. The Morgan fingerprint density at radius 1 is 0.625 bits per heavy atom. The zero-order valence-corrected chi connectivity index (χ0v) is 28.9. The van der Waals surface area contributed by atoms with Gasteiger partial charge in [-0.15, -0.1) is 0 Å². The molecule has 4 aromatic rings. The molecule has 0 heterocycles. The molecular formula is C44H54FNO2. The van der Waals surface area contributed by atoms with Crippen LogP contribution in [-0.2, 0) is 21.7 Å². The molecule has 4 rings (SSSR count). The summed E-state index contributed by atoms with van der Waals surface area (Å²) in [5.74, 6) is -0.423. The Kier molecular flexibility index (Phi) is 16.4. The molecule has 1 atom stereocenters. The number of nitrogens with zero attached hydrogens (tertiary/aromatic N) is 1. The van der Waals surface area contributed by atoms with Gasteiger partial charge in [0.05, 0.1) is 31.0 Å². The van der Waals surface area contributed by atoms with Crippen LogP contribution < -0.4 is 0 Å². The van der Waals surface area contributed by atoms with Gasteiger partial charge in [0.25, 0.3) is 0 Å². The van der Waals surface area contributed by atoms with E-state index < -0.39 is 11.4 Å². The maximum atomic E-state index is 14.3. The average Bonchev–Trinajstić information content (AvgIpc) is 3.13. The zero-order chi connectivity index (χ0) is 33.7. The lowest BCUT2D eigenvalue weighted by Gasteiger charge is -2.37. The Morgan fingerprint density at radius 3 is 1.54 bits per heavy atom. The molecule has 0 radical (unpaired) electrons. The Labute approximate surface area is 289 Å². The van der Waals surface area contributed by atoms with Gasteiger partial charge < -0.3 is 9.47 Å². The van der Waals surface area contributed by atoms with Crippen LogP contribution in [0.25, 0.3) is 0 Å². The van der Waals surface area contributed by atoms with Gasteiger partial charge in [-0.05, 0) is 46.9 Å². The van der Waals surface area contributed by atoms with Gasteiger partial charge in [-0.3, -0.25) is 0 Å². The van der Waals surface area contributed by atoms with E-state index in [4.69, 9.17) is 9.47 Å². The van der Waals surface area contributed by atoms with Crippen molar-refractivity contribution in [2.24, 2.45) is 0 Å². The fourth-order valence-corrected chi connectivity index (χ4v) is 6.60. The van der Waals surface area contributed by atoms with Crippen LogP contribution in [0.1, 0.15) is 125 Å². The molecule has 0 N–H and O–H groups in total. The van der Waals surface area contributed by atoms with Crippen molar-refractivity contribution in [3.05, 3.63) is 143 Å². The maximum Gasteiger partial charge on any atom is 0.143 e. The topological polar surface area (TPSA) is 42.2 Å². The second kappa shape index (κ2) is 21.2. The highest BCUT2D eigenvalue weighted by Crippen LogP contribution is 2.40. The maximum absolute atomic E-state index is 14.3. The molecule has 48 heavy (non-hydrogen) atoms.